The van der Waals surface area contributed by atoms with Gasteiger partial charge in [-0.15, -0.1) is 11.3 Å². The summed E-state index contributed by atoms with van der Waals surface area (Å²) in [6.45, 7) is 4.10. The molecule has 0 aliphatic carbocycles. The Kier molecular flexibility index (Phi) is 3.56. The molecule has 0 bridgehead atoms. The van der Waals surface area contributed by atoms with Crippen LogP contribution in [0, 0.1) is 6.92 Å². The third-order valence-electron chi connectivity index (χ3n) is 3.15. The molecule has 0 amide bonds. The summed E-state index contributed by atoms with van der Waals surface area (Å²) in [4.78, 5) is 4.50. The van der Waals surface area contributed by atoms with Crippen LogP contribution in [0.2, 0.25) is 0 Å². The Morgan fingerprint density at radius 1 is 1.20 bits per heavy atom. The van der Waals surface area contributed by atoms with Gasteiger partial charge in [-0.05, 0) is 38.1 Å². The van der Waals surface area contributed by atoms with Gasteiger partial charge in [0.1, 0.15) is 5.76 Å². The van der Waals surface area contributed by atoms with Crippen molar-refractivity contribution in [3.05, 3.63) is 58.8 Å². The van der Waals surface area contributed by atoms with Crippen molar-refractivity contribution >= 4 is 17.0 Å². The maximum atomic E-state index is 5.39. The van der Waals surface area contributed by atoms with E-state index >= 15 is 0 Å². The van der Waals surface area contributed by atoms with Gasteiger partial charge in [0.2, 0.25) is 0 Å². The quantitative estimate of drug-likeness (QED) is 0.741. The van der Waals surface area contributed by atoms with Gasteiger partial charge in [0.25, 0.3) is 0 Å². The van der Waals surface area contributed by atoms with E-state index in [-0.39, 0.29) is 6.04 Å². The Morgan fingerprint density at radius 3 is 2.60 bits per heavy atom. The summed E-state index contributed by atoms with van der Waals surface area (Å²) in [7, 11) is 0. The zero-order valence-electron chi connectivity index (χ0n) is 11.5. The van der Waals surface area contributed by atoms with Crippen molar-refractivity contribution in [2.75, 3.05) is 5.32 Å². The Hall–Kier alpha value is -2.07. The van der Waals surface area contributed by atoms with E-state index in [0.717, 1.165) is 27.7 Å². The number of furan rings is 1. The average molecular weight is 284 g/mol. The minimum absolute atomic E-state index is 0.150. The van der Waals surface area contributed by atoms with E-state index in [1.54, 1.807) is 17.6 Å². The Labute approximate surface area is 122 Å². The van der Waals surface area contributed by atoms with E-state index in [1.165, 1.54) is 0 Å². The van der Waals surface area contributed by atoms with Gasteiger partial charge in [0.05, 0.1) is 23.0 Å². The van der Waals surface area contributed by atoms with Gasteiger partial charge in [-0.25, -0.2) is 4.98 Å². The summed E-state index contributed by atoms with van der Waals surface area (Å²) in [6.07, 6.45) is 1.70. The third kappa shape index (κ3) is 2.75. The van der Waals surface area contributed by atoms with Gasteiger partial charge < -0.3 is 9.73 Å². The summed E-state index contributed by atoms with van der Waals surface area (Å²) in [5.74, 6) is 0.934. The standard InChI is InChI=1S/C16H16N2OS/c1-11(16-4-3-9-19-16)17-14-7-5-13(6-8-14)15-10-20-12(2)18-15/h3-11,17H,1-2H3. The number of rotatable bonds is 4. The number of aromatic nitrogens is 1. The fourth-order valence-corrected chi connectivity index (χ4v) is 2.71. The van der Waals surface area contributed by atoms with Crippen LogP contribution in [-0.4, -0.2) is 4.98 Å². The highest BCUT2D eigenvalue weighted by Crippen LogP contribution is 2.25. The first-order valence-electron chi connectivity index (χ1n) is 6.55. The highest BCUT2D eigenvalue weighted by Gasteiger charge is 2.08. The molecule has 0 fully saturated rings. The molecule has 0 saturated heterocycles. The molecule has 4 heteroatoms. The maximum Gasteiger partial charge on any atom is 0.125 e. The lowest BCUT2D eigenvalue weighted by molar-refractivity contribution is 0.490. The van der Waals surface area contributed by atoms with Crippen LogP contribution in [-0.2, 0) is 0 Å². The molecule has 3 aromatic rings. The normalized spacial score (nSPS) is 12.3. The molecule has 102 valence electrons. The summed E-state index contributed by atoms with van der Waals surface area (Å²) in [5, 5.41) is 6.59. The largest absolute Gasteiger partial charge is 0.467 e. The van der Waals surface area contributed by atoms with E-state index in [0.29, 0.717) is 0 Å². The van der Waals surface area contributed by atoms with Gasteiger partial charge in [0, 0.05) is 16.6 Å². The summed E-state index contributed by atoms with van der Waals surface area (Å²) in [6, 6.07) is 12.4. The molecule has 3 rings (SSSR count). The van der Waals surface area contributed by atoms with Gasteiger partial charge in [-0.3, -0.25) is 0 Å². The fourth-order valence-electron chi connectivity index (χ4n) is 2.09. The van der Waals surface area contributed by atoms with Crippen LogP contribution in [0.15, 0.2) is 52.5 Å². The number of benzene rings is 1. The van der Waals surface area contributed by atoms with Gasteiger partial charge in [0.15, 0.2) is 0 Å². The summed E-state index contributed by atoms with van der Waals surface area (Å²) >= 11 is 1.67. The van der Waals surface area contributed by atoms with E-state index in [2.05, 4.69) is 46.9 Å². The first kappa shape index (κ1) is 12.9. The van der Waals surface area contributed by atoms with E-state index in [4.69, 9.17) is 4.42 Å². The van der Waals surface area contributed by atoms with E-state index < -0.39 is 0 Å². The smallest absolute Gasteiger partial charge is 0.125 e. The second-order valence-electron chi connectivity index (χ2n) is 4.71. The van der Waals surface area contributed by atoms with Crippen molar-refractivity contribution in [1.29, 1.82) is 0 Å². The monoisotopic (exact) mass is 284 g/mol. The molecular weight excluding hydrogens is 268 g/mol. The second kappa shape index (κ2) is 5.51. The van der Waals surface area contributed by atoms with Crippen molar-refractivity contribution in [1.82, 2.24) is 4.98 Å². The van der Waals surface area contributed by atoms with Crippen LogP contribution >= 0.6 is 11.3 Å². The highest BCUT2D eigenvalue weighted by molar-refractivity contribution is 7.09. The molecule has 0 radical (unpaired) electrons. The molecule has 20 heavy (non-hydrogen) atoms. The number of aryl methyl sites for hydroxylation is 1. The Morgan fingerprint density at radius 2 is 2.00 bits per heavy atom. The second-order valence-corrected chi connectivity index (χ2v) is 5.77. The first-order chi connectivity index (χ1) is 9.72. The van der Waals surface area contributed by atoms with Crippen LogP contribution in [0.4, 0.5) is 5.69 Å². The van der Waals surface area contributed by atoms with Gasteiger partial charge in [-0.2, -0.15) is 0 Å². The van der Waals surface area contributed by atoms with E-state index in [9.17, 15) is 0 Å². The zero-order chi connectivity index (χ0) is 13.9. The molecule has 1 atom stereocenters. The minimum atomic E-state index is 0.150. The molecular formula is C16H16N2OS. The fraction of sp³-hybridized carbons (Fsp3) is 0.188. The molecule has 1 N–H and O–H groups in total. The molecule has 2 heterocycles. The van der Waals surface area contributed by atoms with Crippen molar-refractivity contribution < 1.29 is 4.42 Å². The summed E-state index contributed by atoms with van der Waals surface area (Å²) < 4.78 is 5.39. The first-order valence-corrected chi connectivity index (χ1v) is 7.43. The van der Waals surface area contributed by atoms with Crippen LogP contribution < -0.4 is 5.32 Å². The summed E-state index contributed by atoms with van der Waals surface area (Å²) in [5.41, 5.74) is 3.26. The van der Waals surface area contributed by atoms with E-state index in [1.807, 2.05) is 19.1 Å². The maximum absolute atomic E-state index is 5.39. The van der Waals surface area contributed by atoms with Crippen molar-refractivity contribution in [3.63, 3.8) is 0 Å². The number of thiazole rings is 1. The molecule has 1 aromatic carbocycles. The molecule has 2 aromatic heterocycles. The number of nitrogens with zero attached hydrogens (tertiary/aromatic N) is 1. The van der Waals surface area contributed by atoms with Gasteiger partial charge in [-0.1, -0.05) is 12.1 Å². The van der Waals surface area contributed by atoms with Crippen LogP contribution in [0.3, 0.4) is 0 Å². The number of anilines is 1. The lowest BCUT2D eigenvalue weighted by atomic mass is 10.1. The van der Waals surface area contributed by atoms with Crippen LogP contribution in [0.5, 0.6) is 0 Å². The lowest BCUT2D eigenvalue weighted by Gasteiger charge is -2.13. The molecule has 0 aliphatic heterocycles. The van der Waals surface area contributed by atoms with Crippen molar-refractivity contribution in [2.45, 2.75) is 19.9 Å². The minimum Gasteiger partial charge on any atom is -0.467 e. The molecule has 0 saturated carbocycles. The lowest BCUT2D eigenvalue weighted by Crippen LogP contribution is -2.05. The average Bonchev–Trinajstić information content (AvgIpc) is 3.10. The SMILES string of the molecule is Cc1nc(-c2ccc(NC(C)c3ccco3)cc2)cs1. The highest BCUT2D eigenvalue weighted by atomic mass is 32.1. The molecule has 3 nitrogen and oxygen atoms in total. The number of hydrogen-bond acceptors (Lipinski definition) is 4. The van der Waals surface area contributed by atoms with Crippen molar-refractivity contribution in [2.24, 2.45) is 0 Å². The third-order valence-corrected chi connectivity index (χ3v) is 3.93. The van der Waals surface area contributed by atoms with Crippen molar-refractivity contribution in [3.8, 4) is 11.3 Å². The molecule has 1 unspecified atom stereocenters. The van der Waals surface area contributed by atoms with Gasteiger partial charge >= 0.3 is 0 Å². The molecule has 0 spiro atoms. The van der Waals surface area contributed by atoms with Crippen LogP contribution in [0.1, 0.15) is 23.7 Å². The van der Waals surface area contributed by atoms with Crippen LogP contribution in [0.25, 0.3) is 11.3 Å². The predicted molar refractivity (Wildman–Crippen MR) is 83.0 cm³/mol. The zero-order valence-corrected chi connectivity index (χ0v) is 12.3. The number of nitrogens with one attached hydrogen (secondary N) is 1. The number of hydrogen-bond donors (Lipinski definition) is 1. The Balaban J connectivity index is 1.73. The topological polar surface area (TPSA) is 38.1 Å². The predicted octanol–water partition coefficient (Wildman–Crippen LogP) is 4.88. The molecule has 0 aliphatic rings. The Bertz CT molecular complexity index is 671.